The highest BCUT2D eigenvalue weighted by molar-refractivity contribution is 5.91. The van der Waals surface area contributed by atoms with Gasteiger partial charge in [-0.3, -0.25) is 14.4 Å². The molecule has 2 saturated carbocycles. The van der Waals surface area contributed by atoms with Gasteiger partial charge in [-0.15, -0.1) is 0 Å². The lowest BCUT2D eigenvalue weighted by Gasteiger charge is -2.36. The van der Waals surface area contributed by atoms with E-state index < -0.39 is 6.04 Å². The second-order valence-electron chi connectivity index (χ2n) is 6.44. The van der Waals surface area contributed by atoms with Crippen LogP contribution in [0.25, 0.3) is 0 Å². The maximum atomic E-state index is 12.3. The minimum Gasteiger partial charge on any atom is -0.344 e. The molecule has 0 spiro atoms. The van der Waals surface area contributed by atoms with Crippen LogP contribution in [-0.2, 0) is 14.4 Å². The lowest BCUT2D eigenvalue weighted by molar-refractivity contribution is -0.147. The first kappa shape index (κ1) is 14.4. The summed E-state index contributed by atoms with van der Waals surface area (Å²) in [6, 6.07) is -0.135. The number of carbonyl (C=O) groups is 3. The van der Waals surface area contributed by atoms with E-state index in [1.165, 1.54) is 0 Å². The summed E-state index contributed by atoms with van der Waals surface area (Å²) in [4.78, 5) is 39.7. The van der Waals surface area contributed by atoms with E-state index in [0.717, 1.165) is 32.1 Å². The topological polar surface area (TPSA) is 69.7 Å². The van der Waals surface area contributed by atoms with Gasteiger partial charge in [-0.05, 0) is 32.6 Å². The summed E-state index contributed by atoms with van der Waals surface area (Å²) >= 11 is 0. The molecule has 1 N–H and O–H groups in total. The van der Waals surface area contributed by atoms with Crippen LogP contribution >= 0.6 is 0 Å². The van der Waals surface area contributed by atoms with E-state index in [1.54, 1.807) is 11.8 Å². The first-order valence-corrected chi connectivity index (χ1v) is 7.95. The highest BCUT2D eigenvalue weighted by Crippen LogP contribution is 2.28. The third kappa shape index (κ3) is 3.04. The zero-order chi connectivity index (χ0) is 15.0. The summed E-state index contributed by atoms with van der Waals surface area (Å²) in [6.07, 6.45) is 5.12. The molecule has 0 unspecified atom stereocenters. The average Bonchev–Trinajstić information content (AvgIpc) is 3.19. The molecule has 3 fully saturated rings. The number of amides is 3. The van der Waals surface area contributed by atoms with Crippen LogP contribution in [0.2, 0.25) is 0 Å². The number of hydrogen-bond acceptors (Lipinski definition) is 3. The van der Waals surface area contributed by atoms with Gasteiger partial charge in [0.25, 0.3) is 0 Å². The third-order valence-electron chi connectivity index (χ3n) is 4.76. The summed E-state index contributed by atoms with van der Waals surface area (Å²) in [6.45, 7) is 3.05. The van der Waals surface area contributed by atoms with Crippen LogP contribution in [0.3, 0.4) is 0 Å². The van der Waals surface area contributed by atoms with E-state index in [1.807, 2.05) is 4.90 Å². The van der Waals surface area contributed by atoms with Gasteiger partial charge in [0, 0.05) is 25.0 Å². The Bertz CT molecular complexity index is 457. The van der Waals surface area contributed by atoms with Gasteiger partial charge < -0.3 is 15.1 Å². The molecular weight excluding hydrogens is 270 g/mol. The second-order valence-corrected chi connectivity index (χ2v) is 6.44. The summed E-state index contributed by atoms with van der Waals surface area (Å²) < 4.78 is 0. The van der Waals surface area contributed by atoms with Crippen LogP contribution in [-0.4, -0.2) is 59.2 Å². The van der Waals surface area contributed by atoms with Crippen LogP contribution in [0.15, 0.2) is 0 Å². The maximum absolute atomic E-state index is 12.3. The fourth-order valence-electron chi connectivity index (χ4n) is 2.98. The summed E-state index contributed by atoms with van der Waals surface area (Å²) in [5.41, 5.74) is 0. The molecule has 1 aliphatic heterocycles. The lowest BCUT2D eigenvalue weighted by atomic mass is 9.84. The van der Waals surface area contributed by atoms with E-state index in [2.05, 4.69) is 5.32 Å². The molecule has 116 valence electrons. The van der Waals surface area contributed by atoms with Crippen LogP contribution in [0.4, 0.5) is 0 Å². The minimum atomic E-state index is -0.543. The van der Waals surface area contributed by atoms with Crippen molar-refractivity contribution in [2.45, 2.75) is 51.1 Å². The van der Waals surface area contributed by atoms with E-state index in [9.17, 15) is 14.4 Å². The fraction of sp³-hybridized carbons (Fsp3) is 0.800. The molecule has 1 saturated heterocycles. The van der Waals surface area contributed by atoms with Crippen molar-refractivity contribution in [3.05, 3.63) is 0 Å². The molecule has 0 aromatic rings. The Kier molecular flexibility index (Phi) is 3.87. The van der Waals surface area contributed by atoms with Crippen molar-refractivity contribution in [1.29, 1.82) is 0 Å². The number of piperazine rings is 1. The Labute approximate surface area is 124 Å². The molecule has 0 aromatic heterocycles. The molecule has 3 amide bonds. The molecule has 0 aromatic carbocycles. The molecule has 0 radical (unpaired) electrons. The Balaban J connectivity index is 1.50. The van der Waals surface area contributed by atoms with E-state index >= 15 is 0 Å². The van der Waals surface area contributed by atoms with Crippen LogP contribution in [0.1, 0.15) is 39.0 Å². The van der Waals surface area contributed by atoms with E-state index in [-0.39, 0.29) is 30.2 Å². The molecular formula is C15H23N3O3. The molecule has 21 heavy (non-hydrogen) atoms. The van der Waals surface area contributed by atoms with Crippen LogP contribution in [0.5, 0.6) is 0 Å². The summed E-state index contributed by atoms with van der Waals surface area (Å²) in [7, 11) is 0. The Hall–Kier alpha value is -1.59. The Morgan fingerprint density at radius 1 is 1.19 bits per heavy atom. The van der Waals surface area contributed by atoms with E-state index in [0.29, 0.717) is 19.1 Å². The monoisotopic (exact) mass is 293 g/mol. The molecule has 3 aliphatic rings. The van der Waals surface area contributed by atoms with Crippen molar-refractivity contribution in [3.8, 4) is 0 Å². The Morgan fingerprint density at radius 2 is 1.90 bits per heavy atom. The maximum Gasteiger partial charge on any atom is 0.245 e. The quantitative estimate of drug-likeness (QED) is 0.800. The standard InChI is InChI=1S/C15H23N3O3/c1-10(16-14(20)11-3-2-4-11)15(21)17-7-8-18(12-5-6-12)13(19)9-17/h10-12H,2-9H2,1H3,(H,16,20)/t10-/m1/s1. The third-order valence-corrected chi connectivity index (χ3v) is 4.76. The predicted molar refractivity (Wildman–Crippen MR) is 76.3 cm³/mol. The first-order chi connectivity index (χ1) is 10.1. The molecule has 6 heteroatoms. The zero-order valence-electron chi connectivity index (χ0n) is 12.5. The summed E-state index contributed by atoms with van der Waals surface area (Å²) in [5, 5.41) is 2.78. The van der Waals surface area contributed by atoms with Gasteiger partial charge in [-0.1, -0.05) is 6.42 Å². The minimum absolute atomic E-state index is 0.0231. The van der Waals surface area contributed by atoms with Crippen molar-refractivity contribution in [2.24, 2.45) is 5.92 Å². The molecule has 3 rings (SSSR count). The second kappa shape index (κ2) is 5.66. The predicted octanol–water partition coefficient (Wildman–Crippen LogP) is 0.124. The van der Waals surface area contributed by atoms with Crippen molar-refractivity contribution < 1.29 is 14.4 Å². The first-order valence-electron chi connectivity index (χ1n) is 7.95. The highest BCUT2D eigenvalue weighted by Gasteiger charge is 2.38. The SMILES string of the molecule is C[C@@H](NC(=O)C1CCC1)C(=O)N1CCN(C2CC2)C(=O)C1. The van der Waals surface area contributed by atoms with Crippen LogP contribution in [0, 0.1) is 5.92 Å². The van der Waals surface area contributed by atoms with Gasteiger partial charge in [-0.2, -0.15) is 0 Å². The van der Waals surface area contributed by atoms with Gasteiger partial charge in [0.05, 0.1) is 6.54 Å². The van der Waals surface area contributed by atoms with Crippen molar-refractivity contribution in [1.82, 2.24) is 15.1 Å². The van der Waals surface area contributed by atoms with Crippen LogP contribution < -0.4 is 5.32 Å². The normalized spacial score (nSPS) is 24.5. The molecule has 6 nitrogen and oxygen atoms in total. The number of nitrogens with zero attached hydrogens (tertiary/aromatic N) is 2. The molecule has 1 atom stereocenters. The van der Waals surface area contributed by atoms with Gasteiger partial charge in [0.2, 0.25) is 17.7 Å². The number of nitrogens with one attached hydrogen (secondary N) is 1. The largest absolute Gasteiger partial charge is 0.344 e. The van der Waals surface area contributed by atoms with Gasteiger partial charge in [0.15, 0.2) is 0 Å². The van der Waals surface area contributed by atoms with Gasteiger partial charge in [0.1, 0.15) is 6.04 Å². The van der Waals surface area contributed by atoms with E-state index in [4.69, 9.17) is 0 Å². The zero-order valence-corrected chi connectivity index (χ0v) is 12.5. The Morgan fingerprint density at radius 3 is 2.43 bits per heavy atom. The fourth-order valence-corrected chi connectivity index (χ4v) is 2.98. The number of carbonyl (C=O) groups excluding carboxylic acids is 3. The van der Waals surface area contributed by atoms with Crippen molar-refractivity contribution in [2.75, 3.05) is 19.6 Å². The number of hydrogen-bond donors (Lipinski definition) is 1. The summed E-state index contributed by atoms with van der Waals surface area (Å²) in [5.74, 6) is -0.0558. The van der Waals surface area contributed by atoms with Crippen molar-refractivity contribution >= 4 is 17.7 Å². The highest BCUT2D eigenvalue weighted by atomic mass is 16.2. The molecule has 1 heterocycles. The lowest BCUT2D eigenvalue weighted by Crippen LogP contribution is -2.57. The van der Waals surface area contributed by atoms with Gasteiger partial charge >= 0.3 is 0 Å². The smallest absolute Gasteiger partial charge is 0.245 e. The van der Waals surface area contributed by atoms with Gasteiger partial charge in [-0.25, -0.2) is 0 Å². The van der Waals surface area contributed by atoms with Crippen molar-refractivity contribution in [3.63, 3.8) is 0 Å². The number of rotatable bonds is 4. The molecule has 2 aliphatic carbocycles. The average molecular weight is 293 g/mol. The molecule has 0 bridgehead atoms.